The summed E-state index contributed by atoms with van der Waals surface area (Å²) in [7, 11) is 0. The van der Waals surface area contributed by atoms with Crippen LogP contribution >= 0.6 is 0 Å². The summed E-state index contributed by atoms with van der Waals surface area (Å²) in [6.07, 6.45) is 7.14. The molecule has 0 aromatic rings. The van der Waals surface area contributed by atoms with Gasteiger partial charge in [-0.05, 0) is 39.5 Å². The molecule has 3 nitrogen and oxygen atoms in total. The summed E-state index contributed by atoms with van der Waals surface area (Å²) < 4.78 is 0. The first-order chi connectivity index (χ1) is 9.45. The average Bonchev–Trinajstić information content (AvgIpc) is 2.82. The molecule has 1 saturated heterocycles. The number of allylic oxidation sites excluding steroid dienone is 2. The van der Waals surface area contributed by atoms with Gasteiger partial charge in [0.15, 0.2) is 0 Å². The maximum absolute atomic E-state index is 12.3. The second-order valence-electron chi connectivity index (χ2n) is 6.13. The number of ketones is 1. The highest BCUT2D eigenvalue weighted by molar-refractivity contribution is 5.87. The van der Waals surface area contributed by atoms with Gasteiger partial charge in [-0.2, -0.15) is 0 Å². The minimum absolute atomic E-state index is 0.157. The van der Waals surface area contributed by atoms with Crippen LogP contribution < -0.4 is 0 Å². The summed E-state index contributed by atoms with van der Waals surface area (Å²) in [6.45, 7) is 9.01. The molecule has 1 aliphatic rings. The third kappa shape index (κ3) is 5.10. The van der Waals surface area contributed by atoms with E-state index in [2.05, 4.69) is 26.8 Å². The van der Waals surface area contributed by atoms with Gasteiger partial charge in [0.05, 0.1) is 0 Å². The highest BCUT2D eigenvalue weighted by Gasteiger charge is 2.29. The average molecular weight is 279 g/mol. The lowest BCUT2D eigenvalue weighted by molar-refractivity contribution is -0.137. The van der Waals surface area contributed by atoms with Gasteiger partial charge in [0.2, 0.25) is 5.91 Å². The molecule has 0 aromatic carbocycles. The first-order valence-corrected chi connectivity index (χ1v) is 7.93. The third-order valence-corrected chi connectivity index (χ3v) is 4.14. The Morgan fingerprint density at radius 3 is 2.60 bits per heavy atom. The zero-order valence-electron chi connectivity index (χ0n) is 13.4. The minimum atomic E-state index is -0.168. The summed E-state index contributed by atoms with van der Waals surface area (Å²) in [6, 6.07) is 0.342. The lowest BCUT2D eigenvalue weighted by Crippen LogP contribution is -2.38. The lowest BCUT2D eigenvalue weighted by Gasteiger charge is -2.24. The van der Waals surface area contributed by atoms with Gasteiger partial charge in [-0.3, -0.25) is 9.59 Å². The van der Waals surface area contributed by atoms with E-state index < -0.39 is 0 Å². The molecule has 0 spiro atoms. The Hall–Kier alpha value is -1.12. The Kier molecular flexibility index (Phi) is 6.97. The fraction of sp³-hybridized carbons (Fsp3) is 0.765. The van der Waals surface area contributed by atoms with Crippen LogP contribution in [0.3, 0.4) is 0 Å². The Bertz CT molecular complexity index is 373. The summed E-state index contributed by atoms with van der Waals surface area (Å²) in [5.41, 5.74) is 1.27. The van der Waals surface area contributed by atoms with Crippen molar-refractivity contribution in [3.05, 3.63) is 11.6 Å². The number of nitrogens with zero attached hydrogens (tertiary/aromatic N) is 1. The molecule has 2 atom stereocenters. The van der Waals surface area contributed by atoms with Gasteiger partial charge in [-0.25, -0.2) is 0 Å². The lowest BCUT2D eigenvalue weighted by atomic mass is 9.98. The maximum Gasteiger partial charge on any atom is 0.226 e. The summed E-state index contributed by atoms with van der Waals surface area (Å²) >= 11 is 0. The van der Waals surface area contributed by atoms with E-state index in [9.17, 15) is 9.59 Å². The van der Waals surface area contributed by atoms with Crippen LogP contribution in [0.4, 0.5) is 0 Å². The molecular weight excluding hydrogens is 250 g/mol. The molecule has 3 heteroatoms. The smallest absolute Gasteiger partial charge is 0.226 e. The zero-order chi connectivity index (χ0) is 15.1. The Labute approximate surface area is 123 Å². The largest absolute Gasteiger partial charge is 0.340 e. The molecule has 1 rings (SSSR count). The third-order valence-electron chi connectivity index (χ3n) is 4.14. The van der Waals surface area contributed by atoms with Crippen molar-refractivity contribution < 1.29 is 9.59 Å². The normalized spacial score (nSPS) is 21.1. The standard InChI is InChI=1S/C17H29NO2/c1-5-7-13(2)9-10-16(19)12-14(3)17(20)18-11-6-8-15(18)4/h7,14-15H,5-6,8-12H2,1-4H3/b13-7-. The van der Waals surface area contributed by atoms with Gasteiger partial charge in [0.25, 0.3) is 0 Å². The van der Waals surface area contributed by atoms with Gasteiger partial charge in [-0.15, -0.1) is 0 Å². The number of likely N-dealkylation sites (tertiary alicyclic amines) is 1. The molecule has 1 amide bonds. The van der Waals surface area contributed by atoms with Crippen LogP contribution in [-0.2, 0) is 9.59 Å². The van der Waals surface area contributed by atoms with Crippen LogP contribution in [-0.4, -0.2) is 29.2 Å². The van der Waals surface area contributed by atoms with Crippen LogP contribution in [0, 0.1) is 5.92 Å². The molecule has 0 N–H and O–H groups in total. The van der Waals surface area contributed by atoms with Crippen molar-refractivity contribution in [3.63, 3.8) is 0 Å². The van der Waals surface area contributed by atoms with Gasteiger partial charge in [-0.1, -0.05) is 25.5 Å². The summed E-state index contributed by atoms with van der Waals surface area (Å²) in [4.78, 5) is 26.2. The molecule has 0 saturated carbocycles. The van der Waals surface area contributed by atoms with Crippen LogP contribution in [0.5, 0.6) is 0 Å². The number of amides is 1. The van der Waals surface area contributed by atoms with Crippen LogP contribution in [0.2, 0.25) is 0 Å². The van der Waals surface area contributed by atoms with Gasteiger partial charge in [0, 0.05) is 31.3 Å². The van der Waals surface area contributed by atoms with E-state index in [1.54, 1.807) is 0 Å². The van der Waals surface area contributed by atoms with Crippen molar-refractivity contribution in [1.29, 1.82) is 0 Å². The minimum Gasteiger partial charge on any atom is -0.340 e. The van der Waals surface area contributed by atoms with Gasteiger partial charge < -0.3 is 4.90 Å². The molecule has 1 fully saturated rings. The van der Waals surface area contributed by atoms with Crippen molar-refractivity contribution in [2.24, 2.45) is 5.92 Å². The predicted octanol–water partition coefficient (Wildman–Crippen LogP) is 3.73. The van der Waals surface area contributed by atoms with E-state index >= 15 is 0 Å². The predicted molar refractivity (Wildman–Crippen MR) is 82.5 cm³/mol. The van der Waals surface area contributed by atoms with E-state index in [1.165, 1.54) is 5.57 Å². The number of carbonyl (C=O) groups excluding carboxylic acids is 2. The van der Waals surface area contributed by atoms with Crippen molar-refractivity contribution >= 4 is 11.7 Å². The first-order valence-electron chi connectivity index (χ1n) is 7.93. The van der Waals surface area contributed by atoms with E-state index in [0.717, 1.165) is 32.2 Å². The molecule has 2 unspecified atom stereocenters. The fourth-order valence-corrected chi connectivity index (χ4v) is 2.86. The van der Waals surface area contributed by atoms with E-state index in [4.69, 9.17) is 0 Å². The molecule has 0 aromatic heterocycles. The van der Waals surface area contributed by atoms with Gasteiger partial charge >= 0.3 is 0 Å². The van der Waals surface area contributed by atoms with Crippen molar-refractivity contribution in [2.75, 3.05) is 6.54 Å². The second-order valence-corrected chi connectivity index (χ2v) is 6.13. The highest BCUT2D eigenvalue weighted by atomic mass is 16.2. The number of carbonyl (C=O) groups is 2. The molecule has 0 radical (unpaired) electrons. The monoisotopic (exact) mass is 279 g/mol. The molecular formula is C17H29NO2. The summed E-state index contributed by atoms with van der Waals surface area (Å²) in [5.74, 6) is 0.198. The van der Waals surface area contributed by atoms with Gasteiger partial charge in [0.1, 0.15) is 5.78 Å². The van der Waals surface area contributed by atoms with Crippen LogP contribution in [0.1, 0.15) is 66.2 Å². The number of hydrogen-bond donors (Lipinski definition) is 0. The van der Waals surface area contributed by atoms with Crippen molar-refractivity contribution in [1.82, 2.24) is 4.90 Å². The Balaban J connectivity index is 2.37. The molecule has 20 heavy (non-hydrogen) atoms. The number of hydrogen-bond acceptors (Lipinski definition) is 2. The highest BCUT2D eigenvalue weighted by Crippen LogP contribution is 2.21. The molecule has 0 aliphatic carbocycles. The summed E-state index contributed by atoms with van der Waals surface area (Å²) in [5, 5.41) is 0. The fourth-order valence-electron chi connectivity index (χ4n) is 2.86. The second kappa shape index (κ2) is 8.23. The quantitative estimate of drug-likeness (QED) is 0.666. The van der Waals surface area contributed by atoms with Crippen LogP contribution in [0.15, 0.2) is 11.6 Å². The molecule has 0 bridgehead atoms. The van der Waals surface area contributed by atoms with E-state index in [1.807, 2.05) is 11.8 Å². The topological polar surface area (TPSA) is 37.4 Å². The zero-order valence-corrected chi connectivity index (χ0v) is 13.4. The SMILES string of the molecule is CC/C=C(/C)CCC(=O)CC(C)C(=O)N1CCCC1C. The number of Topliss-reactive ketones (excluding diaryl/α,β-unsaturated/α-hetero) is 1. The maximum atomic E-state index is 12.3. The first kappa shape index (κ1) is 16.9. The number of rotatable bonds is 7. The van der Waals surface area contributed by atoms with Crippen molar-refractivity contribution in [3.8, 4) is 0 Å². The van der Waals surface area contributed by atoms with E-state index in [-0.39, 0.29) is 17.6 Å². The molecule has 1 heterocycles. The van der Waals surface area contributed by atoms with Crippen LogP contribution in [0.25, 0.3) is 0 Å². The Morgan fingerprint density at radius 2 is 2.05 bits per heavy atom. The van der Waals surface area contributed by atoms with E-state index in [0.29, 0.717) is 18.9 Å². The molecule has 1 aliphatic heterocycles. The Morgan fingerprint density at radius 1 is 1.35 bits per heavy atom. The van der Waals surface area contributed by atoms with Crippen molar-refractivity contribution in [2.45, 2.75) is 72.3 Å². The molecule has 114 valence electrons.